The fourth-order valence-electron chi connectivity index (χ4n) is 1.33. The highest BCUT2D eigenvalue weighted by Gasteiger charge is 2.01. The van der Waals surface area contributed by atoms with Gasteiger partial charge in [0.05, 0.1) is 12.7 Å². The van der Waals surface area contributed by atoms with Crippen LogP contribution in [0.3, 0.4) is 0 Å². The van der Waals surface area contributed by atoms with Gasteiger partial charge in [-0.15, -0.1) is 0 Å². The monoisotopic (exact) mass is 224 g/mol. The number of rotatable bonds is 7. The molecule has 0 radical (unpaired) electrons. The SMILES string of the molecule is CCCOCCOc1cccc(C(C)O)c1. The van der Waals surface area contributed by atoms with Crippen LogP contribution in [0.2, 0.25) is 0 Å². The minimum absolute atomic E-state index is 0.458. The standard InChI is InChI=1S/C13H20O3/c1-3-7-15-8-9-16-13-6-4-5-12(10-13)11(2)14/h4-6,10-11,14H,3,7-9H2,1-2H3. The molecule has 1 atom stereocenters. The number of benzene rings is 1. The Kier molecular flexibility index (Phi) is 5.90. The molecule has 0 aromatic heterocycles. The molecule has 1 rings (SSSR count). The topological polar surface area (TPSA) is 38.7 Å². The maximum absolute atomic E-state index is 9.41. The molecule has 3 nitrogen and oxygen atoms in total. The van der Waals surface area contributed by atoms with Gasteiger partial charge < -0.3 is 14.6 Å². The lowest BCUT2D eigenvalue weighted by atomic mass is 10.1. The van der Waals surface area contributed by atoms with Crippen molar-refractivity contribution in [3.8, 4) is 5.75 Å². The Bertz CT molecular complexity index is 297. The Morgan fingerprint density at radius 1 is 1.25 bits per heavy atom. The van der Waals surface area contributed by atoms with Crippen molar-refractivity contribution in [1.29, 1.82) is 0 Å². The first-order valence-electron chi connectivity index (χ1n) is 5.72. The fraction of sp³-hybridized carbons (Fsp3) is 0.538. The van der Waals surface area contributed by atoms with E-state index >= 15 is 0 Å². The van der Waals surface area contributed by atoms with Crippen LogP contribution in [0.5, 0.6) is 5.75 Å². The summed E-state index contributed by atoms with van der Waals surface area (Å²) in [7, 11) is 0. The Morgan fingerprint density at radius 3 is 2.75 bits per heavy atom. The second kappa shape index (κ2) is 7.25. The molecule has 1 aromatic rings. The third-order valence-electron chi connectivity index (χ3n) is 2.19. The summed E-state index contributed by atoms with van der Waals surface area (Å²) in [6, 6.07) is 7.49. The van der Waals surface area contributed by atoms with Crippen LogP contribution in [0.4, 0.5) is 0 Å². The van der Waals surface area contributed by atoms with Gasteiger partial charge >= 0.3 is 0 Å². The lowest BCUT2D eigenvalue weighted by Gasteiger charge is -2.09. The molecule has 0 aliphatic rings. The summed E-state index contributed by atoms with van der Waals surface area (Å²) in [5, 5.41) is 9.41. The van der Waals surface area contributed by atoms with Gasteiger partial charge in [-0.3, -0.25) is 0 Å². The summed E-state index contributed by atoms with van der Waals surface area (Å²) >= 11 is 0. The summed E-state index contributed by atoms with van der Waals surface area (Å²) in [4.78, 5) is 0. The summed E-state index contributed by atoms with van der Waals surface area (Å²) in [6.07, 6.45) is 0.567. The van der Waals surface area contributed by atoms with E-state index in [4.69, 9.17) is 9.47 Å². The third kappa shape index (κ3) is 4.64. The van der Waals surface area contributed by atoms with Gasteiger partial charge in [-0.2, -0.15) is 0 Å². The zero-order valence-corrected chi connectivity index (χ0v) is 9.98. The van der Waals surface area contributed by atoms with E-state index in [0.717, 1.165) is 24.3 Å². The predicted molar refractivity (Wildman–Crippen MR) is 63.7 cm³/mol. The van der Waals surface area contributed by atoms with Crippen molar-refractivity contribution in [3.63, 3.8) is 0 Å². The number of hydrogen-bond donors (Lipinski definition) is 1. The molecule has 0 aliphatic carbocycles. The van der Waals surface area contributed by atoms with E-state index in [1.54, 1.807) is 6.92 Å². The molecule has 0 spiro atoms. The normalized spacial score (nSPS) is 12.4. The van der Waals surface area contributed by atoms with Gasteiger partial charge in [0, 0.05) is 6.61 Å². The molecule has 0 fully saturated rings. The predicted octanol–water partition coefficient (Wildman–Crippen LogP) is 2.55. The number of ether oxygens (including phenoxy) is 2. The van der Waals surface area contributed by atoms with E-state index in [-0.39, 0.29) is 0 Å². The van der Waals surface area contributed by atoms with Crippen LogP contribution in [-0.2, 0) is 4.74 Å². The summed E-state index contributed by atoms with van der Waals surface area (Å²) < 4.78 is 10.8. The van der Waals surface area contributed by atoms with Crippen molar-refractivity contribution in [2.75, 3.05) is 19.8 Å². The fourth-order valence-corrected chi connectivity index (χ4v) is 1.33. The number of aliphatic hydroxyl groups is 1. The first kappa shape index (κ1) is 13.0. The van der Waals surface area contributed by atoms with Crippen molar-refractivity contribution in [2.45, 2.75) is 26.4 Å². The Morgan fingerprint density at radius 2 is 2.06 bits per heavy atom. The molecule has 0 aliphatic heterocycles. The average Bonchev–Trinajstić information content (AvgIpc) is 2.29. The minimum atomic E-state index is -0.458. The quantitative estimate of drug-likeness (QED) is 0.723. The maximum atomic E-state index is 9.41. The molecule has 0 saturated carbocycles. The second-order valence-electron chi connectivity index (χ2n) is 3.71. The Labute approximate surface area is 97.0 Å². The van der Waals surface area contributed by atoms with Gasteiger partial charge in [0.15, 0.2) is 0 Å². The summed E-state index contributed by atoms with van der Waals surface area (Å²) in [5.74, 6) is 0.776. The first-order chi connectivity index (χ1) is 7.74. The van der Waals surface area contributed by atoms with Gasteiger partial charge in [-0.1, -0.05) is 19.1 Å². The van der Waals surface area contributed by atoms with E-state index in [2.05, 4.69) is 6.92 Å². The van der Waals surface area contributed by atoms with E-state index in [1.165, 1.54) is 0 Å². The summed E-state index contributed by atoms with van der Waals surface area (Å²) in [6.45, 7) is 5.74. The first-order valence-corrected chi connectivity index (χ1v) is 5.72. The van der Waals surface area contributed by atoms with E-state index in [1.807, 2.05) is 24.3 Å². The van der Waals surface area contributed by atoms with Crippen LogP contribution < -0.4 is 4.74 Å². The average molecular weight is 224 g/mol. The minimum Gasteiger partial charge on any atom is -0.491 e. The van der Waals surface area contributed by atoms with Gasteiger partial charge in [-0.25, -0.2) is 0 Å². The highest BCUT2D eigenvalue weighted by Crippen LogP contribution is 2.18. The van der Waals surface area contributed by atoms with Gasteiger partial charge in [-0.05, 0) is 31.0 Å². The number of hydrogen-bond acceptors (Lipinski definition) is 3. The van der Waals surface area contributed by atoms with Crippen molar-refractivity contribution in [1.82, 2.24) is 0 Å². The van der Waals surface area contributed by atoms with Gasteiger partial charge in [0.1, 0.15) is 12.4 Å². The van der Waals surface area contributed by atoms with E-state index < -0.39 is 6.10 Å². The van der Waals surface area contributed by atoms with Crippen LogP contribution in [0.25, 0.3) is 0 Å². The van der Waals surface area contributed by atoms with Crippen molar-refractivity contribution < 1.29 is 14.6 Å². The van der Waals surface area contributed by atoms with E-state index in [9.17, 15) is 5.11 Å². The molecule has 0 bridgehead atoms. The van der Waals surface area contributed by atoms with Crippen LogP contribution in [0.1, 0.15) is 31.9 Å². The molecule has 0 heterocycles. The zero-order valence-electron chi connectivity index (χ0n) is 9.98. The molecule has 0 amide bonds. The third-order valence-corrected chi connectivity index (χ3v) is 2.19. The Balaban J connectivity index is 2.33. The Hall–Kier alpha value is -1.06. The van der Waals surface area contributed by atoms with Crippen molar-refractivity contribution in [2.24, 2.45) is 0 Å². The lowest BCUT2D eigenvalue weighted by molar-refractivity contribution is 0.100. The van der Waals surface area contributed by atoms with Gasteiger partial charge in [0.25, 0.3) is 0 Å². The molecular formula is C13H20O3. The second-order valence-corrected chi connectivity index (χ2v) is 3.71. The smallest absolute Gasteiger partial charge is 0.119 e. The van der Waals surface area contributed by atoms with Crippen LogP contribution in [0.15, 0.2) is 24.3 Å². The maximum Gasteiger partial charge on any atom is 0.119 e. The van der Waals surface area contributed by atoms with Crippen molar-refractivity contribution >= 4 is 0 Å². The van der Waals surface area contributed by atoms with E-state index in [0.29, 0.717) is 13.2 Å². The molecule has 1 aromatic carbocycles. The zero-order chi connectivity index (χ0) is 11.8. The molecule has 3 heteroatoms. The van der Waals surface area contributed by atoms with Crippen LogP contribution >= 0.6 is 0 Å². The molecular weight excluding hydrogens is 204 g/mol. The molecule has 16 heavy (non-hydrogen) atoms. The largest absolute Gasteiger partial charge is 0.491 e. The number of aliphatic hydroxyl groups excluding tert-OH is 1. The van der Waals surface area contributed by atoms with Gasteiger partial charge in [0.2, 0.25) is 0 Å². The van der Waals surface area contributed by atoms with Crippen LogP contribution in [-0.4, -0.2) is 24.9 Å². The molecule has 1 N–H and O–H groups in total. The summed E-state index contributed by atoms with van der Waals surface area (Å²) in [5.41, 5.74) is 0.868. The van der Waals surface area contributed by atoms with Crippen molar-refractivity contribution in [3.05, 3.63) is 29.8 Å². The molecule has 1 unspecified atom stereocenters. The molecule has 0 saturated heterocycles. The lowest BCUT2D eigenvalue weighted by Crippen LogP contribution is -2.07. The van der Waals surface area contributed by atoms with Crippen LogP contribution in [0, 0.1) is 0 Å². The highest BCUT2D eigenvalue weighted by molar-refractivity contribution is 5.29. The molecule has 90 valence electrons. The highest BCUT2D eigenvalue weighted by atomic mass is 16.5.